The van der Waals surface area contributed by atoms with Crippen LogP contribution in [0.15, 0.2) is 32.4 Å². The summed E-state index contributed by atoms with van der Waals surface area (Å²) in [4.78, 5) is 3.89. The maximum atomic E-state index is 12.0. The molecule has 0 spiro atoms. The number of nitrogens with one attached hydrogen (secondary N) is 1. The lowest BCUT2D eigenvalue weighted by Crippen LogP contribution is -2.11. The maximum absolute atomic E-state index is 12.0. The van der Waals surface area contributed by atoms with E-state index in [0.717, 1.165) is 15.1 Å². The Morgan fingerprint density at radius 3 is 2.72 bits per heavy atom. The van der Waals surface area contributed by atoms with Gasteiger partial charge in [-0.3, -0.25) is 4.72 Å². The molecule has 0 fully saturated rings. The Kier molecular flexibility index (Phi) is 3.96. The van der Waals surface area contributed by atoms with Gasteiger partial charge in [0.05, 0.1) is 15.7 Å². The van der Waals surface area contributed by atoms with E-state index in [1.807, 2.05) is 0 Å². The number of aryl methyl sites for hydroxylation is 1. The van der Waals surface area contributed by atoms with Crippen LogP contribution in [0.25, 0.3) is 0 Å². The third kappa shape index (κ3) is 3.03. The van der Waals surface area contributed by atoms with Crippen LogP contribution in [-0.4, -0.2) is 13.4 Å². The quantitative estimate of drug-likeness (QED) is 0.842. The molecular weight excluding hydrogens is 360 g/mol. The summed E-state index contributed by atoms with van der Waals surface area (Å²) in [6.07, 6.45) is 1.38. The Balaban J connectivity index is 2.30. The van der Waals surface area contributed by atoms with Crippen molar-refractivity contribution >= 4 is 54.6 Å². The summed E-state index contributed by atoms with van der Waals surface area (Å²) < 4.78 is 27.5. The third-order valence-electron chi connectivity index (χ3n) is 2.08. The van der Waals surface area contributed by atoms with Crippen molar-refractivity contribution in [2.24, 2.45) is 0 Å². The van der Waals surface area contributed by atoms with Gasteiger partial charge in [0, 0.05) is 0 Å². The molecule has 18 heavy (non-hydrogen) atoms. The molecule has 0 radical (unpaired) electrons. The summed E-state index contributed by atoms with van der Waals surface area (Å²) in [5, 5.41) is 0.358. The lowest BCUT2D eigenvalue weighted by atomic mass is 10.3. The van der Waals surface area contributed by atoms with Gasteiger partial charge in [0.25, 0.3) is 10.0 Å². The van der Waals surface area contributed by atoms with E-state index < -0.39 is 10.0 Å². The standard InChI is InChI=1S/C10H8BrClN2O2S2/c1-6-4-7(5-13-10(6)12)14-18(15,16)9-3-2-8(11)17-9/h2-5,14H,1H3. The van der Waals surface area contributed by atoms with Gasteiger partial charge >= 0.3 is 0 Å². The minimum atomic E-state index is -3.57. The van der Waals surface area contributed by atoms with Crippen LogP contribution in [0.3, 0.4) is 0 Å². The number of rotatable bonds is 3. The van der Waals surface area contributed by atoms with Crippen molar-refractivity contribution in [3.05, 3.63) is 38.9 Å². The minimum absolute atomic E-state index is 0.238. The SMILES string of the molecule is Cc1cc(NS(=O)(=O)c2ccc(Br)s2)cnc1Cl. The number of aromatic nitrogens is 1. The number of hydrogen-bond acceptors (Lipinski definition) is 4. The molecule has 2 aromatic rings. The Labute approximate surface area is 122 Å². The molecule has 0 aromatic carbocycles. The molecule has 0 amide bonds. The number of sulfonamides is 1. The van der Waals surface area contributed by atoms with Crippen LogP contribution in [0, 0.1) is 6.92 Å². The van der Waals surface area contributed by atoms with Gasteiger partial charge in [-0.25, -0.2) is 13.4 Å². The zero-order valence-electron chi connectivity index (χ0n) is 9.15. The summed E-state index contributed by atoms with van der Waals surface area (Å²) in [5.41, 5.74) is 1.10. The highest BCUT2D eigenvalue weighted by atomic mass is 79.9. The van der Waals surface area contributed by atoms with Gasteiger partial charge in [0.15, 0.2) is 0 Å². The predicted octanol–water partition coefficient (Wildman–Crippen LogP) is 3.67. The summed E-state index contributed by atoms with van der Waals surface area (Å²) in [7, 11) is -3.57. The smallest absolute Gasteiger partial charge is 0.271 e. The molecule has 0 aliphatic carbocycles. The van der Waals surface area contributed by atoms with Gasteiger partial charge in [-0.05, 0) is 46.6 Å². The summed E-state index contributed by atoms with van der Waals surface area (Å²) >= 11 is 10.1. The Bertz CT molecular complexity index is 685. The summed E-state index contributed by atoms with van der Waals surface area (Å²) in [6, 6.07) is 4.85. The Morgan fingerprint density at radius 2 is 2.17 bits per heavy atom. The van der Waals surface area contributed by atoms with Crippen LogP contribution >= 0.6 is 38.9 Å². The number of hydrogen-bond donors (Lipinski definition) is 1. The average molecular weight is 368 g/mol. The second-order valence-electron chi connectivity index (χ2n) is 3.50. The fraction of sp³-hybridized carbons (Fsp3) is 0.100. The van der Waals surface area contributed by atoms with Gasteiger partial charge < -0.3 is 0 Å². The Morgan fingerprint density at radius 1 is 1.44 bits per heavy atom. The number of nitrogens with zero attached hydrogens (tertiary/aromatic N) is 1. The fourth-order valence-corrected chi connectivity index (χ4v) is 4.41. The van der Waals surface area contributed by atoms with Crippen molar-refractivity contribution in [2.45, 2.75) is 11.1 Å². The third-order valence-corrected chi connectivity index (χ3v) is 5.97. The molecule has 0 atom stereocenters. The fourth-order valence-electron chi connectivity index (χ4n) is 1.26. The Hall–Kier alpha value is -0.630. The second kappa shape index (κ2) is 5.16. The van der Waals surface area contributed by atoms with E-state index in [9.17, 15) is 8.42 Å². The lowest BCUT2D eigenvalue weighted by molar-refractivity contribution is 0.603. The lowest BCUT2D eigenvalue weighted by Gasteiger charge is -2.06. The molecule has 0 aliphatic heterocycles. The molecule has 96 valence electrons. The van der Waals surface area contributed by atoms with Gasteiger partial charge in [0.1, 0.15) is 9.36 Å². The number of halogens is 2. The first-order valence-electron chi connectivity index (χ1n) is 4.79. The molecule has 8 heteroatoms. The van der Waals surface area contributed by atoms with Crippen molar-refractivity contribution in [3.8, 4) is 0 Å². The van der Waals surface area contributed by atoms with Gasteiger partial charge in [-0.15, -0.1) is 11.3 Å². The molecule has 4 nitrogen and oxygen atoms in total. The average Bonchev–Trinajstić information content (AvgIpc) is 2.71. The highest BCUT2D eigenvalue weighted by molar-refractivity contribution is 9.11. The van der Waals surface area contributed by atoms with E-state index in [2.05, 4.69) is 25.6 Å². The van der Waals surface area contributed by atoms with Crippen LogP contribution < -0.4 is 4.72 Å². The van der Waals surface area contributed by atoms with Crippen LogP contribution in [0.2, 0.25) is 5.15 Å². The zero-order valence-corrected chi connectivity index (χ0v) is 13.1. The first-order chi connectivity index (χ1) is 8.38. The molecule has 0 saturated heterocycles. The van der Waals surface area contributed by atoms with E-state index >= 15 is 0 Å². The predicted molar refractivity (Wildman–Crippen MR) is 76.8 cm³/mol. The first-order valence-corrected chi connectivity index (χ1v) is 8.26. The molecule has 0 bridgehead atoms. The summed E-state index contributed by atoms with van der Waals surface area (Å²) in [6.45, 7) is 1.76. The molecule has 0 saturated carbocycles. The van der Waals surface area contributed by atoms with Crippen LogP contribution in [0.4, 0.5) is 5.69 Å². The van der Waals surface area contributed by atoms with Crippen molar-refractivity contribution in [3.63, 3.8) is 0 Å². The molecule has 2 rings (SSSR count). The number of pyridine rings is 1. The van der Waals surface area contributed by atoms with E-state index in [1.165, 1.54) is 12.3 Å². The highest BCUT2D eigenvalue weighted by Gasteiger charge is 2.17. The number of thiophene rings is 1. The molecule has 0 unspecified atom stereocenters. The maximum Gasteiger partial charge on any atom is 0.271 e. The first kappa shape index (κ1) is 13.8. The topological polar surface area (TPSA) is 59.1 Å². The molecular formula is C10H8BrClN2O2S2. The van der Waals surface area contributed by atoms with Crippen LogP contribution in [0.1, 0.15) is 5.56 Å². The normalized spacial score (nSPS) is 11.5. The van der Waals surface area contributed by atoms with Crippen molar-refractivity contribution in [2.75, 3.05) is 4.72 Å². The van der Waals surface area contributed by atoms with Crippen LogP contribution in [0.5, 0.6) is 0 Å². The molecule has 2 heterocycles. The van der Waals surface area contributed by atoms with Gasteiger partial charge in [0.2, 0.25) is 0 Å². The van der Waals surface area contributed by atoms with Crippen LogP contribution in [-0.2, 0) is 10.0 Å². The van der Waals surface area contributed by atoms with Gasteiger partial charge in [-0.2, -0.15) is 0 Å². The minimum Gasteiger partial charge on any atom is -0.277 e. The zero-order chi connectivity index (χ0) is 13.3. The number of anilines is 1. The largest absolute Gasteiger partial charge is 0.277 e. The second-order valence-corrected chi connectivity index (χ2v) is 8.23. The monoisotopic (exact) mass is 366 g/mol. The van der Waals surface area contributed by atoms with Gasteiger partial charge in [-0.1, -0.05) is 11.6 Å². The molecule has 0 aliphatic rings. The molecule has 2 aromatic heterocycles. The van der Waals surface area contributed by atoms with E-state index in [0.29, 0.717) is 16.4 Å². The molecule has 1 N–H and O–H groups in total. The van der Waals surface area contributed by atoms with Crippen molar-refractivity contribution in [1.29, 1.82) is 0 Å². The van der Waals surface area contributed by atoms with E-state index in [4.69, 9.17) is 11.6 Å². The summed E-state index contributed by atoms with van der Waals surface area (Å²) in [5.74, 6) is 0. The highest BCUT2D eigenvalue weighted by Crippen LogP contribution is 2.28. The van der Waals surface area contributed by atoms with E-state index in [-0.39, 0.29) is 4.21 Å². The van der Waals surface area contributed by atoms with Crippen molar-refractivity contribution in [1.82, 2.24) is 4.98 Å². The van der Waals surface area contributed by atoms with Crippen molar-refractivity contribution < 1.29 is 8.42 Å². The van der Waals surface area contributed by atoms with E-state index in [1.54, 1.807) is 19.1 Å².